The number of pyridine rings is 1. The Balaban J connectivity index is 2.07. The molecule has 0 amide bonds. The average molecular weight is 217 g/mol. The van der Waals surface area contributed by atoms with Crippen LogP contribution in [0.15, 0.2) is 18.5 Å². The summed E-state index contributed by atoms with van der Waals surface area (Å²) in [6.45, 7) is 1.89. The van der Waals surface area contributed by atoms with Crippen molar-refractivity contribution >= 4 is 17.0 Å². The number of hydrogen-bond acceptors (Lipinski definition) is 4. The van der Waals surface area contributed by atoms with Gasteiger partial charge in [-0.05, 0) is 12.5 Å². The number of nitrogens with zero attached hydrogens (tertiary/aromatic N) is 4. The quantitative estimate of drug-likeness (QED) is 0.756. The van der Waals surface area contributed by atoms with E-state index in [0.717, 1.165) is 36.5 Å². The number of aryl methyl sites for hydroxylation is 1. The Bertz CT molecular complexity index is 518. The van der Waals surface area contributed by atoms with E-state index in [9.17, 15) is 0 Å². The lowest BCUT2D eigenvalue weighted by Gasteiger charge is -2.16. The molecule has 2 N–H and O–H groups in total. The van der Waals surface area contributed by atoms with Gasteiger partial charge in [0.1, 0.15) is 5.52 Å². The van der Waals surface area contributed by atoms with Crippen LogP contribution < -0.4 is 10.6 Å². The van der Waals surface area contributed by atoms with Crippen LogP contribution in [0, 0.1) is 0 Å². The van der Waals surface area contributed by atoms with Gasteiger partial charge in [0.25, 0.3) is 0 Å². The molecule has 16 heavy (non-hydrogen) atoms. The van der Waals surface area contributed by atoms with Crippen LogP contribution in [-0.4, -0.2) is 33.7 Å². The summed E-state index contributed by atoms with van der Waals surface area (Å²) >= 11 is 0. The van der Waals surface area contributed by atoms with Crippen LogP contribution in [0.3, 0.4) is 0 Å². The van der Waals surface area contributed by atoms with E-state index in [4.69, 9.17) is 5.73 Å². The maximum absolute atomic E-state index is 5.92. The van der Waals surface area contributed by atoms with Gasteiger partial charge in [-0.1, -0.05) is 0 Å². The van der Waals surface area contributed by atoms with Gasteiger partial charge in [0.05, 0.1) is 11.7 Å². The van der Waals surface area contributed by atoms with Crippen molar-refractivity contribution in [1.29, 1.82) is 0 Å². The first kappa shape index (κ1) is 9.59. The lowest BCUT2D eigenvalue weighted by atomic mass is 10.3. The molecule has 0 aliphatic carbocycles. The Morgan fingerprint density at radius 3 is 3.06 bits per heavy atom. The van der Waals surface area contributed by atoms with Crippen LogP contribution in [0.4, 0.5) is 5.95 Å². The topological polar surface area (TPSA) is 60.0 Å². The second kappa shape index (κ2) is 3.45. The SMILES string of the molecule is Cn1c(N2CCC(N)C2)nc2cnccc21. The summed E-state index contributed by atoms with van der Waals surface area (Å²) in [6.07, 6.45) is 4.64. The zero-order chi connectivity index (χ0) is 11.1. The number of anilines is 1. The summed E-state index contributed by atoms with van der Waals surface area (Å²) in [5.74, 6) is 0.996. The Hall–Kier alpha value is -1.62. The van der Waals surface area contributed by atoms with Gasteiger partial charge in [-0.15, -0.1) is 0 Å². The molecule has 84 valence electrons. The average Bonchev–Trinajstić information content (AvgIpc) is 2.84. The van der Waals surface area contributed by atoms with Crippen molar-refractivity contribution < 1.29 is 0 Å². The predicted octanol–water partition coefficient (Wildman–Crippen LogP) is 0.506. The van der Waals surface area contributed by atoms with E-state index in [0.29, 0.717) is 0 Å². The van der Waals surface area contributed by atoms with Crippen molar-refractivity contribution in [3.63, 3.8) is 0 Å². The number of fused-ring (bicyclic) bond motifs is 1. The number of nitrogens with two attached hydrogens (primary N) is 1. The largest absolute Gasteiger partial charge is 0.341 e. The van der Waals surface area contributed by atoms with E-state index in [2.05, 4.69) is 19.4 Å². The molecule has 0 spiro atoms. The molecule has 3 rings (SSSR count). The molecule has 1 atom stereocenters. The van der Waals surface area contributed by atoms with Crippen molar-refractivity contribution in [2.75, 3.05) is 18.0 Å². The highest BCUT2D eigenvalue weighted by molar-refractivity contribution is 5.77. The van der Waals surface area contributed by atoms with Crippen molar-refractivity contribution in [2.45, 2.75) is 12.5 Å². The van der Waals surface area contributed by atoms with Gasteiger partial charge in [0.15, 0.2) is 0 Å². The van der Waals surface area contributed by atoms with Gasteiger partial charge in [0.2, 0.25) is 5.95 Å². The first-order valence-corrected chi connectivity index (χ1v) is 5.52. The minimum atomic E-state index is 0.276. The Morgan fingerprint density at radius 2 is 2.38 bits per heavy atom. The smallest absolute Gasteiger partial charge is 0.206 e. The first-order chi connectivity index (χ1) is 7.75. The molecule has 5 nitrogen and oxygen atoms in total. The summed E-state index contributed by atoms with van der Waals surface area (Å²) in [6, 6.07) is 2.26. The highest BCUT2D eigenvalue weighted by atomic mass is 15.3. The lowest BCUT2D eigenvalue weighted by Crippen LogP contribution is -2.28. The predicted molar refractivity (Wildman–Crippen MR) is 63.3 cm³/mol. The van der Waals surface area contributed by atoms with Crippen LogP contribution >= 0.6 is 0 Å². The number of aromatic nitrogens is 3. The molecule has 0 bridgehead atoms. The lowest BCUT2D eigenvalue weighted by molar-refractivity contribution is 0.747. The standard InChI is InChI=1S/C11H15N5/c1-15-10-2-4-13-6-9(10)14-11(15)16-5-3-8(12)7-16/h2,4,6,8H,3,5,7,12H2,1H3. The Morgan fingerprint density at radius 1 is 1.50 bits per heavy atom. The van der Waals surface area contributed by atoms with Gasteiger partial charge < -0.3 is 15.2 Å². The molecule has 0 saturated carbocycles. The van der Waals surface area contributed by atoms with Crippen LogP contribution in [0.25, 0.3) is 11.0 Å². The summed E-state index contributed by atoms with van der Waals surface area (Å²) in [4.78, 5) is 10.9. The van der Waals surface area contributed by atoms with Gasteiger partial charge >= 0.3 is 0 Å². The number of imidazole rings is 1. The van der Waals surface area contributed by atoms with Crippen LogP contribution in [0.5, 0.6) is 0 Å². The van der Waals surface area contributed by atoms with Crippen molar-refractivity contribution in [2.24, 2.45) is 12.8 Å². The van der Waals surface area contributed by atoms with E-state index in [1.807, 2.05) is 13.1 Å². The summed E-state index contributed by atoms with van der Waals surface area (Å²) in [7, 11) is 2.04. The molecule has 1 unspecified atom stereocenters. The van der Waals surface area contributed by atoms with E-state index < -0.39 is 0 Å². The van der Waals surface area contributed by atoms with Crippen molar-refractivity contribution in [3.05, 3.63) is 18.5 Å². The molecule has 2 aromatic heterocycles. The van der Waals surface area contributed by atoms with E-state index >= 15 is 0 Å². The molecule has 1 aliphatic heterocycles. The van der Waals surface area contributed by atoms with Crippen molar-refractivity contribution in [1.82, 2.24) is 14.5 Å². The van der Waals surface area contributed by atoms with Crippen LogP contribution in [-0.2, 0) is 7.05 Å². The van der Waals surface area contributed by atoms with Crippen LogP contribution in [0.1, 0.15) is 6.42 Å². The van der Waals surface area contributed by atoms with Gasteiger partial charge in [0, 0.05) is 32.4 Å². The fourth-order valence-electron chi connectivity index (χ4n) is 2.29. The van der Waals surface area contributed by atoms with Gasteiger partial charge in [-0.25, -0.2) is 4.98 Å². The zero-order valence-corrected chi connectivity index (χ0v) is 9.30. The van der Waals surface area contributed by atoms with Crippen LogP contribution in [0.2, 0.25) is 0 Å². The van der Waals surface area contributed by atoms with E-state index in [-0.39, 0.29) is 6.04 Å². The highest BCUT2D eigenvalue weighted by Crippen LogP contribution is 2.22. The fraction of sp³-hybridized carbons (Fsp3) is 0.455. The summed E-state index contributed by atoms with van der Waals surface area (Å²) in [5, 5.41) is 0. The van der Waals surface area contributed by atoms with Gasteiger partial charge in [-0.3, -0.25) is 4.98 Å². The Labute approximate surface area is 93.9 Å². The van der Waals surface area contributed by atoms with E-state index in [1.54, 1.807) is 12.4 Å². The maximum atomic E-state index is 5.92. The third-order valence-corrected chi connectivity index (χ3v) is 3.17. The number of hydrogen-bond donors (Lipinski definition) is 1. The third-order valence-electron chi connectivity index (χ3n) is 3.17. The molecule has 5 heteroatoms. The molecule has 1 aliphatic rings. The summed E-state index contributed by atoms with van der Waals surface area (Å²) < 4.78 is 2.11. The normalized spacial score (nSPS) is 20.9. The highest BCUT2D eigenvalue weighted by Gasteiger charge is 2.23. The molecule has 1 fully saturated rings. The van der Waals surface area contributed by atoms with Gasteiger partial charge in [-0.2, -0.15) is 0 Å². The second-order valence-corrected chi connectivity index (χ2v) is 4.33. The van der Waals surface area contributed by atoms with E-state index in [1.165, 1.54) is 0 Å². The monoisotopic (exact) mass is 217 g/mol. The molecular weight excluding hydrogens is 202 g/mol. The summed E-state index contributed by atoms with van der Waals surface area (Å²) in [5.41, 5.74) is 7.98. The molecule has 2 aromatic rings. The fourth-order valence-corrected chi connectivity index (χ4v) is 2.29. The minimum Gasteiger partial charge on any atom is -0.341 e. The Kier molecular flexibility index (Phi) is 2.07. The molecule has 0 aromatic carbocycles. The molecular formula is C11H15N5. The minimum absolute atomic E-state index is 0.276. The first-order valence-electron chi connectivity index (χ1n) is 5.52. The number of rotatable bonds is 1. The third kappa shape index (κ3) is 1.36. The second-order valence-electron chi connectivity index (χ2n) is 4.33. The van der Waals surface area contributed by atoms with Crippen molar-refractivity contribution in [3.8, 4) is 0 Å². The zero-order valence-electron chi connectivity index (χ0n) is 9.30. The maximum Gasteiger partial charge on any atom is 0.206 e. The molecule has 0 radical (unpaired) electrons. The molecule has 3 heterocycles. The molecule has 1 saturated heterocycles.